The van der Waals surface area contributed by atoms with E-state index in [9.17, 15) is 9.59 Å². The Labute approximate surface area is 175 Å². The first-order valence-electron chi connectivity index (χ1n) is 11.7. The normalized spacial score (nSPS) is 26.1. The Balaban J connectivity index is 1.44. The second kappa shape index (κ2) is 10.8. The number of piperidine rings is 1. The standard InChI is InChI=1S/C22H39N5O2/c1-3-23-22(24-12-10-20(28)26-13-6-7-17(2)15-26)25-19-11-14-27(16-19)21(29)18-8-4-5-9-18/h17-19H,3-16H2,1-2H3,(H2,23,24,25). The van der Waals surface area contributed by atoms with Crippen LogP contribution in [0.15, 0.2) is 4.99 Å². The molecule has 2 heterocycles. The maximum absolute atomic E-state index is 12.6. The van der Waals surface area contributed by atoms with Gasteiger partial charge in [0.25, 0.3) is 0 Å². The monoisotopic (exact) mass is 405 g/mol. The zero-order valence-electron chi connectivity index (χ0n) is 18.3. The summed E-state index contributed by atoms with van der Waals surface area (Å²) in [5.41, 5.74) is 0. The number of carbonyl (C=O) groups is 2. The van der Waals surface area contributed by atoms with E-state index >= 15 is 0 Å². The molecule has 0 spiro atoms. The van der Waals surface area contributed by atoms with Crippen LogP contribution >= 0.6 is 0 Å². The molecule has 2 N–H and O–H groups in total. The highest BCUT2D eigenvalue weighted by Crippen LogP contribution is 2.27. The number of hydrogen-bond acceptors (Lipinski definition) is 3. The molecular formula is C22H39N5O2. The van der Waals surface area contributed by atoms with Crippen molar-refractivity contribution in [2.75, 3.05) is 39.3 Å². The van der Waals surface area contributed by atoms with Gasteiger partial charge < -0.3 is 20.4 Å². The van der Waals surface area contributed by atoms with E-state index in [1.165, 1.54) is 19.3 Å². The number of rotatable bonds is 6. The number of likely N-dealkylation sites (tertiary alicyclic amines) is 2. The van der Waals surface area contributed by atoms with Crippen LogP contribution < -0.4 is 10.6 Å². The fourth-order valence-corrected chi connectivity index (χ4v) is 4.86. The zero-order chi connectivity index (χ0) is 20.6. The maximum Gasteiger partial charge on any atom is 0.225 e. The van der Waals surface area contributed by atoms with Crippen molar-refractivity contribution in [3.63, 3.8) is 0 Å². The van der Waals surface area contributed by atoms with Crippen LogP contribution in [0, 0.1) is 11.8 Å². The van der Waals surface area contributed by atoms with Gasteiger partial charge in [-0.3, -0.25) is 14.6 Å². The highest BCUT2D eigenvalue weighted by molar-refractivity contribution is 5.82. The number of hydrogen-bond donors (Lipinski definition) is 2. The molecule has 2 saturated heterocycles. The Hall–Kier alpha value is -1.79. The van der Waals surface area contributed by atoms with Gasteiger partial charge in [-0.15, -0.1) is 0 Å². The number of aliphatic imine (C=N–C) groups is 1. The Morgan fingerprint density at radius 2 is 1.79 bits per heavy atom. The van der Waals surface area contributed by atoms with Crippen molar-refractivity contribution in [2.45, 2.75) is 71.3 Å². The summed E-state index contributed by atoms with van der Waals surface area (Å²) < 4.78 is 0. The molecule has 0 aromatic carbocycles. The van der Waals surface area contributed by atoms with E-state index in [0.717, 1.165) is 64.4 Å². The van der Waals surface area contributed by atoms with Gasteiger partial charge in [0.05, 0.1) is 6.54 Å². The molecule has 0 bridgehead atoms. The van der Waals surface area contributed by atoms with Crippen molar-refractivity contribution in [3.8, 4) is 0 Å². The number of carbonyl (C=O) groups excluding carboxylic acids is 2. The molecule has 0 aromatic rings. The summed E-state index contributed by atoms with van der Waals surface area (Å²) in [6, 6.07) is 0.233. The zero-order valence-corrected chi connectivity index (χ0v) is 18.3. The highest BCUT2D eigenvalue weighted by atomic mass is 16.2. The van der Waals surface area contributed by atoms with Crippen LogP contribution in [0.4, 0.5) is 0 Å². The second-order valence-corrected chi connectivity index (χ2v) is 8.99. The topological polar surface area (TPSA) is 77.0 Å². The van der Waals surface area contributed by atoms with Crippen molar-refractivity contribution in [1.29, 1.82) is 0 Å². The van der Waals surface area contributed by atoms with Crippen molar-refractivity contribution >= 4 is 17.8 Å². The minimum absolute atomic E-state index is 0.213. The van der Waals surface area contributed by atoms with Gasteiger partial charge in [-0.05, 0) is 44.9 Å². The molecule has 29 heavy (non-hydrogen) atoms. The smallest absolute Gasteiger partial charge is 0.225 e. The third-order valence-corrected chi connectivity index (χ3v) is 6.49. The van der Waals surface area contributed by atoms with E-state index in [0.29, 0.717) is 24.8 Å². The summed E-state index contributed by atoms with van der Waals surface area (Å²) in [6.45, 7) is 8.89. The summed E-state index contributed by atoms with van der Waals surface area (Å²) in [4.78, 5) is 33.7. The molecule has 3 fully saturated rings. The molecule has 3 rings (SSSR count). The number of guanidine groups is 1. The van der Waals surface area contributed by atoms with E-state index < -0.39 is 0 Å². The van der Waals surface area contributed by atoms with Crippen LogP contribution in [0.1, 0.15) is 65.2 Å². The van der Waals surface area contributed by atoms with Gasteiger partial charge >= 0.3 is 0 Å². The third kappa shape index (κ3) is 6.34. The summed E-state index contributed by atoms with van der Waals surface area (Å²) in [6.07, 6.45) is 8.24. The predicted octanol–water partition coefficient (Wildman–Crippen LogP) is 1.98. The molecule has 7 nitrogen and oxygen atoms in total. The molecule has 0 radical (unpaired) electrons. The summed E-state index contributed by atoms with van der Waals surface area (Å²) in [7, 11) is 0. The van der Waals surface area contributed by atoms with Gasteiger partial charge in [0.1, 0.15) is 0 Å². The minimum atomic E-state index is 0.213. The lowest BCUT2D eigenvalue weighted by molar-refractivity contribution is -0.134. The predicted molar refractivity (Wildman–Crippen MR) is 116 cm³/mol. The molecule has 1 aliphatic carbocycles. The van der Waals surface area contributed by atoms with E-state index in [4.69, 9.17) is 0 Å². The average Bonchev–Trinajstić information content (AvgIpc) is 3.40. The largest absolute Gasteiger partial charge is 0.357 e. The first-order valence-corrected chi connectivity index (χ1v) is 11.7. The first kappa shape index (κ1) is 21.9. The van der Waals surface area contributed by atoms with Crippen molar-refractivity contribution in [3.05, 3.63) is 0 Å². The van der Waals surface area contributed by atoms with E-state index in [2.05, 4.69) is 22.5 Å². The second-order valence-electron chi connectivity index (χ2n) is 8.99. The van der Waals surface area contributed by atoms with Crippen LogP contribution in [0.3, 0.4) is 0 Å². The quantitative estimate of drug-likeness (QED) is 0.523. The van der Waals surface area contributed by atoms with Gasteiger partial charge in [0.2, 0.25) is 11.8 Å². The molecule has 3 aliphatic rings. The van der Waals surface area contributed by atoms with Crippen LogP contribution in [0.25, 0.3) is 0 Å². The van der Waals surface area contributed by atoms with Gasteiger partial charge in [-0.2, -0.15) is 0 Å². The van der Waals surface area contributed by atoms with Crippen molar-refractivity contribution < 1.29 is 9.59 Å². The SMILES string of the molecule is CCNC(=NCCC(=O)N1CCCC(C)C1)NC1CCN(C(=O)C2CCCC2)C1. The maximum atomic E-state index is 12.6. The summed E-state index contributed by atoms with van der Waals surface area (Å²) >= 11 is 0. The molecule has 2 aliphatic heterocycles. The molecule has 2 amide bonds. The lowest BCUT2D eigenvalue weighted by Crippen LogP contribution is -2.45. The fourth-order valence-electron chi connectivity index (χ4n) is 4.86. The molecule has 2 atom stereocenters. The van der Waals surface area contributed by atoms with E-state index in [-0.39, 0.29) is 17.9 Å². The molecule has 1 saturated carbocycles. The number of amides is 2. The van der Waals surface area contributed by atoms with Crippen LogP contribution in [0.2, 0.25) is 0 Å². The number of nitrogens with one attached hydrogen (secondary N) is 2. The molecule has 7 heteroatoms. The van der Waals surface area contributed by atoms with Gasteiger partial charge in [0.15, 0.2) is 5.96 Å². The highest BCUT2D eigenvalue weighted by Gasteiger charge is 2.32. The van der Waals surface area contributed by atoms with Crippen LogP contribution in [-0.4, -0.2) is 72.9 Å². The van der Waals surface area contributed by atoms with E-state index in [1.807, 2.05) is 16.7 Å². The Kier molecular flexibility index (Phi) is 8.19. The molecule has 2 unspecified atom stereocenters. The lowest BCUT2D eigenvalue weighted by Gasteiger charge is -2.30. The molecule has 0 aromatic heterocycles. The molecule has 164 valence electrons. The Morgan fingerprint density at radius 3 is 2.52 bits per heavy atom. The summed E-state index contributed by atoms with van der Waals surface area (Å²) in [5.74, 6) is 2.17. The third-order valence-electron chi connectivity index (χ3n) is 6.49. The van der Waals surface area contributed by atoms with Crippen molar-refractivity contribution in [1.82, 2.24) is 20.4 Å². The number of nitrogens with zero attached hydrogens (tertiary/aromatic N) is 3. The van der Waals surface area contributed by atoms with Gasteiger partial charge in [0, 0.05) is 51.1 Å². The van der Waals surface area contributed by atoms with Crippen LogP contribution in [-0.2, 0) is 9.59 Å². The first-order chi connectivity index (χ1) is 14.1. The van der Waals surface area contributed by atoms with Crippen molar-refractivity contribution in [2.24, 2.45) is 16.8 Å². The lowest BCUT2D eigenvalue weighted by atomic mass is 10.00. The van der Waals surface area contributed by atoms with E-state index in [1.54, 1.807) is 0 Å². The Bertz CT molecular complexity index is 588. The van der Waals surface area contributed by atoms with Gasteiger partial charge in [-0.25, -0.2) is 0 Å². The molecular weight excluding hydrogens is 366 g/mol. The van der Waals surface area contributed by atoms with Gasteiger partial charge in [-0.1, -0.05) is 19.8 Å². The van der Waals surface area contributed by atoms with Crippen LogP contribution in [0.5, 0.6) is 0 Å². The fraction of sp³-hybridized carbons (Fsp3) is 0.864. The summed E-state index contributed by atoms with van der Waals surface area (Å²) in [5, 5.41) is 6.75. The Morgan fingerprint density at radius 1 is 1.00 bits per heavy atom. The minimum Gasteiger partial charge on any atom is -0.357 e. The average molecular weight is 406 g/mol.